The van der Waals surface area contributed by atoms with E-state index in [0.717, 1.165) is 5.69 Å². The number of benzene rings is 2. The number of aromatic nitrogens is 5. The quantitative estimate of drug-likeness (QED) is 0.366. The number of imidazole rings is 1. The van der Waals surface area contributed by atoms with Crippen molar-refractivity contribution in [2.24, 2.45) is 5.73 Å². The van der Waals surface area contributed by atoms with Crippen molar-refractivity contribution in [3.05, 3.63) is 88.4 Å². The molecular formula is C26H23FN6O3. The SMILES string of the molecule is Cc1c(C(N)=O)c(-c2ccc(Oc3ccnc4[nH]c(=O)n(C(C)C)c34)c(F)c2)nn1-c1ccccc1. The van der Waals surface area contributed by atoms with Crippen molar-refractivity contribution < 1.29 is 13.9 Å². The molecular weight excluding hydrogens is 463 g/mol. The lowest BCUT2D eigenvalue weighted by molar-refractivity contribution is 0.100. The highest BCUT2D eigenvalue weighted by Gasteiger charge is 2.23. The Kier molecular flexibility index (Phi) is 5.63. The summed E-state index contributed by atoms with van der Waals surface area (Å²) in [6, 6.07) is 15.0. The van der Waals surface area contributed by atoms with Gasteiger partial charge in [-0.15, -0.1) is 0 Å². The predicted octanol–water partition coefficient (Wildman–Crippen LogP) is 4.50. The van der Waals surface area contributed by atoms with Crippen LogP contribution in [0.1, 0.15) is 35.9 Å². The molecule has 0 fully saturated rings. The molecule has 0 unspecified atom stereocenters. The molecule has 0 aliphatic rings. The number of H-pyrrole nitrogens is 1. The number of rotatable bonds is 6. The number of para-hydroxylation sites is 1. The minimum absolute atomic E-state index is 0.0601. The maximum atomic E-state index is 15.3. The van der Waals surface area contributed by atoms with E-state index in [9.17, 15) is 9.59 Å². The van der Waals surface area contributed by atoms with E-state index in [0.29, 0.717) is 22.4 Å². The van der Waals surface area contributed by atoms with Crippen molar-refractivity contribution in [2.45, 2.75) is 26.8 Å². The van der Waals surface area contributed by atoms with Crippen molar-refractivity contribution in [3.8, 4) is 28.4 Å². The molecule has 0 atom stereocenters. The molecule has 3 N–H and O–H groups in total. The topological polar surface area (TPSA) is 121 Å². The van der Waals surface area contributed by atoms with E-state index in [1.54, 1.807) is 23.7 Å². The third-order valence-electron chi connectivity index (χ3n) is 5.88. The van der Waals surface area contributed by atoms with Crippen LogP contribution in [0.2, 0.25) is 0 Å². The molecule has 0 spiro atoms. The number of aromatic amines is 1. The van der Waals surface area contributed by atoms with Crippen molar-refractivity contribution >= 4 is 17.1 Å². The first-order chi connectivity index (χ1) is 17.3. The van der Waals surface area contributed by atoms with Crippen LogP contribution in [0.5, 0.6) is 11.5 Å². The van der Waals surface area contributed by atoms with Gasteiger partial charge in [0.25, 0.3) is 5.91 Å². The van der Waals surface area contributed by atoms with Gasteiger partial charge in [0.1, 0.15) is 11.2 Å². The van der Waals surface area contributed by atoms with Crippen LogP contribution in [0, 0.1) is 12.7 Å². The molecule has 36 heavy (non-hydrogen) atoms. The molecule has 0 bridgehead atoms. The van der Waals surface area contributed by atoms with E-state index >= 15 is 4.39 Å². The molecule has 1 amide bonds. The fourth-order valence-corrected chi connectivity index (χ4v) is 4.27. The Morgan fingerprint density at radius 1 is 1.11 bits per heavy atom. The minimum Gasteiger partial charge on any atom is -0.452 e. The fourth-order valence-electron chi connectivity index (χ4n) is 4.27. The zero-order valence-electron chi connectivity index (χ0n) is 19.8. The Morgan fingerprint density at radius 2 is 1.86 bits per heavy atom. The van der Waals surface area contributed by atoms with Gasteiger partial charge in [-0.2, -0.15) is 5.10 Å². The predicted molar refractivity (Wildman–Crippen MR) is 133 cm³/mol. The average Bonchev–Trinajstić information content (AvgIpc) is 3.38. The maximum absolute atomic E-state index is 15.3. The van der Waals surface area contributed by atoms with Gasteiger partial charge in [-0.05, 0) is 51.1 Å². The number of hydrogen-bond donors (Lipinski definition) is 2. The van der Waals surface area contributed by atoms with Crippen molar-refractivity contribution in [1.82, 2.24) is 24.3 Å². The first kappa shape index (κ1) is 23.0. The van der Waals surface area contributed by atoms with Crippen LogP contribution in [0.25, 0.3) is 28.1 Å². The smallest absolute Gasteiger partial charge is 0.328 e. The lowest BCUT2D eigenvalue weighted by Crippen LogP contribution is -2.18. The molecule has 182 valence electrons. The van der Waals surface area contributed by atoms with Crippen LogP contribution in [-0.4, -0.2) is 30.2 Å². The number of nitrogens with zero attached hydrogens (tertiary/aromatic N) is 4. The van der Waals surface area contributed by atoms with Crippen molar-refractivity contribution in [3.63, 3.8) is 0 Å². The molecule has 9 nitrogen and oxygen atoms in total. The number of ether oxygens (including phenoxy) is 1. The molecule has 0 aliphatic carbocycles. The van der Waals surface area contributed by atoms with E-state index in [1.807, 2.05) is 44.2 Å². The van der Waals surface area contributed by atoms with Gasteiger partial charge in [0.05, 0.1) is 16.9 Å². The number of carbonyl (C=O) groups is 1. The van der Waals surface area contributed by atoms with E-state index in [1.165, 1.54) is 22.9 Å². The van der Waals surface area contributed by atoms with Crippen LogP contribution in [0.3, 0.4) is 0 Å². The second kappa shape index (κ2) is 8.81. The molecule has 10 heteroatoms. The molecule has 5 aromatic rings. The van der Waals surface area contributed by atoms with E-state index in [-0.39, 0.29) is 34.5 Å². The van der Waals surface area contributed by atoms with Crippen LogP contribution < -0.4 is 16.2 Å². The Morgan fingerprint density at radius 3 is 2.53 bits per heavy atom. The summed E-state index contributed by atoms with van der Waals surface area (Å²) >= 11 is 0. The third-order valence-corrected chi connectivity index (χ3v) is 5.88. The number of nitrogens with one attached hydrogen (secondary N) is 1. The van der Waals surface area contributed by atoms with Gasteiger partial charge in [-0.3, -0.25) is 14.3 Å². The minimum atomic E-state index is -0.672. The van der Waals surface area contributed by atoms with Gasteiger partial charge in [-0.25, -0.2) is 18.9 Å². The summed E-state index contributed by atoms with van der Waals surface area (Å²) in [5.74, 6) is -1.12. The van der Waals surface area contributed by atoms with Gasteiger partial charge in [-0.1, -0.05) is 18.2 Å². The monoisotopic (exact) mass is 486 g/mol. The number of primary amides is 1. The fraction of sp³-hybridized carbons (Fsp3) is 0.154. The normalized spacial score (nSPS) is 11.4. The number of fused-ring (bicyclic) bond motifs is 1. The highest BCUT2D eigenvalue weighted by atomic mass is 19.1. The number of nitrogens with two attached hydrogens (primary N) is 1. The Balaban J connectivity index is 1.57. The van der Waals surface area contributed by atoms with Crippen molar-refractivity contribution in [2.75, 3.05) is 0 Å². The molecule has 0 saturated carbocycles. The number of carbonyl (C=O) groups excluding carboxylic acids is 1. The molecule has 0 saturated heterocycles. The first-order valence-corrected chi connectivity index (χ1v) is 11.3. The number of halogens is 1. The second-order valence-electron chi connectivity index (χ2n) is 8.57. The first-order valence-electron chi connectivity index (χ1n) is 11.3. The second-order valence-corrected chi connectivity index (χ2v) is 8.57. The Labute approximate surface area is 205 Å². The molecule has 3 heterocycles. The van der Waals surface area contributed by atoms with Gasteiger partial charge in [0.15, 0.2) is 23.0 Å². The van der Waals surface area contributed by atoms with Crippen LogP contribution in [0.15, 0.2) is 65.6 Å². The highest BCUT2D eigenvalue weighted by molar-refractivity contribution is 6.00. The van der Waals surface area contributed by atoms with Crippen molar-refractivity contribution in [1.29, 1.82) is 0 Å². The number of hydrogen-bond acceptors (Lipinski definition) is 5. The molecule has 3 aromatic heterocycles. The summed E-state index contributed by atoms with van der Waals surface area (Å²) < 4.78 is 24.3. The summed E-state index contributed by atoms with van der Waals surface area (Å²) in [4.78, 5) is 31.5. The van der Waals surface area contributed by atoms with Gasteiger partial charge < -0.3 is 10.5 Å². The third kappa shape index (κ3) is 3.82. The standard InChI is InChI=1S/C26H23FN6O3/c1-14(2)32-23-20(11-12-29-25(23)30-26(32)35)36-19-10-9-16(13-18(19)27)22-21(24(28)34)15(3)33(31-22)17-7-5-4-6-8-17/h4-14H,1-3H3,(H2,28,34)(H,29,30,35). The molecule has 0 radical (unpaired) electrons. The molecule has 2 aromatic carbocycles. The van der Waals surface area contributed by atoms with Gasteiger partial charge >= 0.3 is 5.69 Å². The summed E-state index contributed by atoms with van der Waals surface area (Å²) in [5.41, 5.74) is 8.24. The Bertz CT molecular complexity index is 1670. The Hall–Kier alpha value is -4.73. The zero-order valence-corrected chi connectivity index (χ0v) is 19.8. The highest BCUT2D eigenvalue weighted by Crippen LogP contribution is 2.34. The number of pyridine rings is 1. The summed E-state index contributed by atoms with van der Waals surface area (Å²) in [6.07, 6.45) is 1.47. The average molecular weight is 487 g/mol. The van der Waals surface area contributed by atoms with E-state index in [2.05, 4.69) is 15.1 Å². The summed E-state index contributed by atoms with van der Waals surface area (Å²) in [5, 5.41) is 4.56. The van der Waals surface area contributed by atoms with E-state index in [4.69, 9.17) is 10.5 Å². The number of amides is 1. The lowest BCUT2D eigenvalue weighted by Gasteiger charge is -2.12. The van der Waals surface area contributed by atoms with Crippen LogP contribution in [0.4, 0.5) is 4.39 Å². The van der Waals surface area contributed by atoms with Crippen LogP contribution in [-0.2, 0) is 0 Å². The van der Waals surface area contributed by atoms with Gasteiger partial charge in [0.2, 0.25) is 0 Å². The van der Waals surface area contributed by atoms with Crippen LogP contribution >= 0.6 is 0 Å². The summed E-state index contributed by atoms with van der Waals surface area (Å²) in [6.45, 7) is 5.44. The van der Waals surface area contributed by atoms with E-state index < -0.39 is 11.7 Å². The van der Waals surface area contributed by atoms with Gasteiger partial charge in [0, 0.05) is 23.9 Å². The maximum Gasteiger partial charge on any atom is 0.328 e. The summed E-state index contributed by atoms with van der Waals surface area (Å²) in [7, 11) is 0. The largest absolute Gasteiger partial charge is 0.452 e. The molecule has 5 rings (SSSR count). The zero-order chi connectivity index (χ0) is 25.6. The lowest BCUT2D eigenvalue weighted by atomic mass is 10.1. The molecule has 0 aliphatic heterocycles.